The summed E-state index contributed by atoms with van der Waals surface area (Å²) in [6.45, 7) is 0.357. The van der Waals surface area contributed by atoms with E-state index < -0.39 is 17.4 Å². The first-order valence-electron chi connectivity index (χ1n) is 9.75. The van der Waals surface area contributed by atoms with Gasteiger partial charge in [-0.15, -0.1) is 0 Å². The van der Waals surface area contributed by atoms with E-state index in [1.807, 2.05) is 36.4 Å². The Morgan fingerprint density at radius 1 is 1.00 bits per heavy atom. The second kappa shape index (κ2) is 6.42. The van der Waals surface area contributed by atoms with Gasteiger partial charge in [0, 0.05) is 41.9 Å². The first-order valence-corrected chi connectivity index (χ1v) is 9.75. The monoisotopic (exact) mass is 384 g/mol. The third-order valence-electron chi connectivity index (χ3n) is 6.54. The maximum atomic E-state index is 13.7. The summed E-state index contributed by atoms with van der Waals surface area (Å²) in [5.41, 5.74) is 0.287. The molecule has 5 rings (SSSR count). The van der Waals surface area contributed by atoms with E-state index in [9.17, 15) is 14.4 Å². The first-order chi connectivity index (χ1) is 14.1. The van der Waals surface area contributed by atoms with Crippen molar-refractivity contribution in [3.8, 4) is 0 Å². The van der Waals surface area contributed by atoms with Gasteiger partial charge in [0.25, 0.3) is 0 Å². The zero-order valence-electron chi connectivity index (χ0n) is 16.0. The van der Waals surface area contributed by atoms with Gasteiger partial charge in [0.05, 0.1) is 5.92 Å². The fourth-order valence-corrected chi connectivity index (χ4v) is 5.26. The molecule has 1 aliphatic heterocycles. The van der Waals surface area contributed by atoms with Crippen LogP contribution in [0, 0.1) is 11.8 Å². The van der Waals surface area contributed by atoms with Crippen molar-refractivity contribution < 1.29 is 14.4 Å². The van der Waals surface area contributed by atoms with Crippen LogP contribution in [0.25, 0.3) is 0 Å². The molecule has 3 aliphatic rings. The van der Waals surface area contributed by atoms with Crippen LogP contribution in [-0.4, -0.2) is 46.4 Å². The van der Waals surface area contributed by atoms with Crippen molar-refractivity contribution in [3.05, 3.63) is 89.8 Å². The van der Waals surface area contributed by atoms with Crippen LogP contribution in [0.15, 0.2) is 73.1 Å². The highest BCUT2D eigenvalue weighted by molar-refractivity contribution is 6.34. The molecule has 1 fully saturated rings. The summed E-state index contributed by atoms with van der Waals surface area (Å²) in [4.78, 5) is 46.7. The topological polar surface area (TPSA) is 67.3 Å². The van der Waals surface area contributed by atoms with E-state index in [0.29, 0.717) is 17.7 Å². The number of pyridine rings is 1. The number of carbonyl (C=O) groups is 3. The van der Waals surface area contributed by atoms with Gasteiger partial charge in [-0.05, 0) is 24.7 Å². The van der Waals surface area contributed by atoms with Crippen LogP contribution in [0.1, 0.15) is 32.2 Å². The number of likely N-dealkylation sites (N-methyl/N-ethyl adjacent to an activating group) is 1. The van der Waals surface area contributed by atoms with Crippen molar-refractivity contribution in [2.75, 3.05) is 13.6 Å². The van der Waals surface area contributed by atoms with Gasteiger partial charge < -0.3 is 0 Å². The van der Waals surface area contributed by atoms with Crippen LogP contribution in [-0.2, 0) is 4.79 Å². The molecule has 1 aromatic heterocycles. The molecule has 29 heavy (non-hydrogen) atoms. The minimum absolute atomic E-state index is 0.0390. The number of Topliss-reactive ketones (excluding diaryl/α,β-unsaturated/α-hetero) is 3. The molecule has 0 saturated carbocycles. The van der Waals surface area contributed by atoms with Gasteiger partial charge in [0.2, 0.25) is 0 Å². The van der Waals surface area contributed by atoms with Crippen molar-refractivity contribution in [1.29, 1.82) is 0 Å². The zero-order chi connectivity index (χ0) is 20.2. The quantitative estimate of drug-likeness (QED) is 0.762. The highest BCUT2D eigenvalue weighted by atomic mass is 16.2. The summed E-state index contributed by atoms with van der Waals surface area (Å²) < 4.78 is 0. The predicted molar refractivity (Wildman–Crippen MR) is 108 cm³/mol. The molecule has 5 heteroatoms. The van der Waals surface area contributed by atoms with E-state index in [2.05, 4.69) is 4.98 Å². The van der Waals surface area contributed by atoms with Crippen LogP contribution >= 0.6 is 0 Å². The van der Waals surface area contributed by atoms with Crippen molar-refractivity contribution in [1.82, 2.24) is 9.88 Å². The Morgan fingerprint density at radius 3 is 2.17 bits per heavy atom. The lowest BCUT2D eigenvalue weighted by Crippen LogP contribution is -2.54. The van der Waals surface area contributed by atoms with Crippen LogP contribution in [0.4, 0.5) is 0 Å². The smallest absolute Gasteiger partial charge is 0.192 e. The number of carbonyl (C=O) groups excluding carboxylic acids is 3. The zero-order valence-corrected chi connectivity index (χ0v) is 16.0. The number of aromatic nitrogens is 1. The molecule has 0 radical (unpaired) electrons. The lowest BCUT2D eigenvalue weighted by molar-refractivity contribution is -0.124. The summed E-state index contributed by atoms with van der Waals surface area (Å²) in [6.07, 6.45) is 10.7. The number of benzene rings is 1. The molecule has 2 aliphatic carbocycles. The molecule has 0 bridgehead atoms. The number of hydrogen-bond donors (Lipinski definition) is 0. The Kier molecular flexibility index (Phi) is 3.96. The molecule has 2 heterocycles. The number of hydrogen-bond acceptors (Lipinski definition) is 5. The van der Waals surface area contributed by atoms with Crippen molar-refractivity contribution in [3.63, 3.8) is 0 Å². The van der Waals surface area contributed by atoms with Gasteiger partial charge in [-0.3, -0.25) is 24.3 Å². The highest BCUT2D eigenvalue weighted by Gasteiger charge is 2.67. The fraction of sp³-hybridized carbons (Fsp3) is 0.250. The highest BCUT2D eigenvalue weighted by Crippen LogP contribution is 2.52. The third kappa shape index (κ3) is 2.31. The Balaban J connectivity index is 1.70. The molecular weight excluding hydrogens is 364 g/mol. The number of rotatable bonds is 3. The van der Waals surface area contributed by atoms with Crippen LogP contribution in [0.3, 0.4) is 0 Å². The fourth-order valence-electron chi connectivity index (χ4n) is 5.26. The standard InChI is InChI=1S/C24H20N2O3/c1-26-14-19(21(27)16-6-2-3-7-16)20(15-10-12-25-13-11-15)24(26)22(28)17-8-4-5-9-18(17)23(24)29/h2-13,16,19-20H,14H2,1H3/t19-,20+/m1/s1. The maximum Gasteiger partial charge on any atom is 0.192 e. The van der Waals surface area contributed by atoms with Crippen LogP contribution in [0.2, 0.25) is 0 Å². The number of allylic oxidation sites excluding steroid dienone is 4. The van der Waals surface area contributed by atoms with Crippen molar-refractivity contribution in [2.24, 2.45) is 11.8 Å². The Labute approximate surface area is 168 Å². The van der Waals surface area contributed by atoms with Crippen molar-refractivity contribution in [2.45, 2.75) is 11.5 Å². The molecule has 0 amide bonds. The molecule has 144 valence electrons. The lowest BCUT2D eigenvalue weighted by Gasteiger charge is -2.35. The molecule has 1 aromatic carbocycles. The van der Waals surface area contributed by atoms with Gasteiger partial charge in [-0.2, -0.15) is 0 Å². The average molecular weight is 384 g/mol. The molecule has 2 aromatic rings. The van der Waals surface area contributed by atoms with E-state index >= 15 is 0 Å². The molecule has 0 unspecified atom stereocenters. The van der Waals surface area contributed by atoms with E-state index in [1.54, 1.807) is 48.6 Å². The number of ketones is 3. The Hall–Kier alpha value is -3.18. The number of nitrogens with zero attached hydrogens (tertiary/aromatic N) is 2. The summed E-state index contributed by atoms with van der Waals surface area (Å²) in [7, 11) is 1.78. The minimum Gasteiger partial charge on any atom is -0.298 e. The van der Waals surface area contributed by atoms with Gasteiger partial charge in [0.1, 0.15) is 5.78 Å². The molecule has 2 atom stereocenters. The van der Waals surface area contributed by atoms with Gasteiger partial charge >= 0.3 is 0 Å². The Bertz CT molecular complexity index is 1040. The number of fused-ring (bicyclic) bond motifs is 1. The molecule has 1 spiro atoms. The minimum atomic E-state index is -1.39. The van der Waals surface area contributed by atoms with E-state index in [0.717, 1.165) is 5.56 Å². The van der Waals surface area contributed by atoms with Crippen LogP contribution < -0.4 is 0 Å². The van der Waals surface area contributed by atoms with E-state index in [1.165, 1.54) is 0 Å². The Morgan fingerprint density at radius 2 is 1.59 bits per heavy atom. The summed E-state index contributed by atoms with van der Waals surface area (Å²) in [6, 6.07) is 10.6. The second-order valence-corrected chi connectivity index (χ2v) is 7.91. The lowest BCUT2D eigenvalue weighted by atomic mass is 9.70. The van der Waals surface area contributed by atoms with Crippen molar-refractivity contribution >= 4 is 17.3 Å². The largest absolute Gasteiger partial charge is 0.298 e. The molecule has 0 N–H and O–H groups in total. The normalized spacial score (nSPS) is 25.3. The third-order valence-corrected chi connectivity index (χ3v) is 6.54. The predicted octanol–water partition coefficient (Wildman–Crippen LogP) is 2.86. The maximum absolute atomic E-state index is 13.7. The van der Waals surface area contributed by atoms with Gasteiger partial charge in [0.15, 0.2) is 17.1 Å². The molecule has 5 nitrogen and oxygen atoms in total. The molecule has 1 saturated heterocycles. The second-order valence-electron chi connectivity index (χ2n) is 7.91. The molecular formula is C24H20N2O3. The summed E-state index contributed by atoms with van der Waals surface area (Å²) in [5.74, 6) is -1.73. The van der Waals surface area contributed by atoms with Crippen LogP contribution in [0.5, 0.6) is 0 Å². The van der Waals surface area contributed by atoms with Gasteiger partial charge in [-0.1, -0.05) is 48.6 Å². The first kappa shape index (κ1) is 17.9. The van der Waals surface area contributed by atoms with E-state index in [-0.39, 0.29) is 23.3 Å². The number of likely N-dealkylation sites (tertiary alicyclic amines) is 1. The average Bonchev–Trinajstić information content (AvgIpc) is 3.44. The summed E-state index contributed by atoms with van der Waals surface area (Å²) in [5, 5.41) is 0. The van der Waals surface area contributed by atoms with E-state index in [4.69, 9.17) is 0 Å². The van der Waals surface area contributed by atoms with Gasteiger partial charge in [-0.25, -0.2) is 0 Å². The SMILES string of the molecule is CN1C[C@@H](C(=O)C2C=CC=C2)[C@H](c2ccncc2)C12C(=O)c1ccccc1C2=O. The summed E-state index contributed by atoms with van der Waals surface area (Å²) >= 11 is 0.